The van der Waals surface area contributed by atoms with Crippen LogP contribution in [0.2, 0.25) is 0 Å². The average molecular weight is 365 g/mol. The number of hydrogen-bond donors (Lipinski definition) is 1. The van der Waals surface area contributed by atoms with Crippen LogP contribution in [0.25, 0.3) is 5.69 Å². The molecule has 3 rings (SSSR count). The van der Waals surface area contributed by atoms with E-state index in [0.29, 0.717) is 17.1 Å². The topological polar surface area (TPSA) is 82.5 Å². The van der Waals surface area contributed by atoms with Gasteiger partial charge in [-0.1, -0.05) is 30.3 Å². The molecule has 7 heteroatoms. The molecule has 0 aliphatic heterocycles. The Morgan fingerprint density at radius 3 is 2.37 bits per heavy atom. The Bertz CT molecular complexity index is 1040. The third-order valence-corrected chi connectivity index (χ3v) is 4.03. The van der Waals surface area contributed by atoms with Crippen LogP contribution in [0.15, 0.2) is 59.4 Å². The largest absolute Gasteiger partial charge is 0.495 e. The monoisotopic (exact) mass is 365 g/mol. The van der Waals surface area contributed by atoms with Crippen LogP contribution in [0, 0.1) is 6.92 Å². The number of benzene rings is 2. The van der Waals surface area contributed by atoms with Crippen LogP contribution in [0.4, 0.5) is 5.69 Å². The first-order chi connectivity index (χ1) is 13.0. The van der Waals surface area contributed by atoms with E-state index < -0.39 is 11.5 Å². The van der Waals surface area contributed by atoms with Gasteiger partial charge < -0.3 is 14.8 Å². The number of para-hydroxylation sites is 3. The molecule has 3 aromatic rings. The number of aromatic nitrogens is 2. The zero-order chi connectivity index (χ0) is 19.4. The normalized spacial score (nSPS) is 10.3. The summed E-state index contributed by atoms with van der Waals surface area (Å²) in [6, 6.07) is 15.5. The van der Waals surface area contributed by atoms with Crippen LogP contribution in [-0.2, 0) is 0 Å². The standard InChI is InChI=1S/C20H19N3O4/c1-13-8-4-6-10-15(13)23-18(24)12-17(27-3)19(22-23)20(25)21-14-9-5-7-11-16(14)26-2/h4-12H,1-3H3,(H,21,25). The Hall–Kier alpha value is -3.61. The fourth-order valence-corrected chi connectivity index (χ4v) is 2.66. The van der Waals surface area contributed by atoms with E-state index in [4.69, 9.17) is 9.47 Å². The molecule has 1 amide bonds. The second-order valence-electron chi connectivity index (χ2n) is 5.75. The lowest BCUT2D eigenvalue weighted by Gasteiger charge is -2.13. The maximum absolute atomic E-state index is 12.8. The summed E-state index contributed by atoms with van der Waals surface area (Å²) in [7, 11) is 2.90. The number of carbonyl (C=O) groups is 1. The molecule has 0 radical (unpaired) electrons. The number of hydrogen-bond acceptors (Lipinski definition) is 5. The van der Waals surface area contributed by atoms with Crippen molar-refractivity contribution < 1.29 is 14.3 Å². The summed E-state index contributed by atoms with van der Waals surface area (Å²) in [5.41, 5.74) is 1.54. The Morgan fingerprint density at radius 1 is 1.00 bits per heavy atom. The van der Waals surface area contributed by atoms with Gasteiger partial charge in [0, 0.05) is 0 Å². The summed E-state index contributed by atoms with van der Waals surface area (Å²) in [5.74, 6) is 0.0907. The fourth-order valence-electron chi connectivity index (χ4n) is 2.66. The van der Waals surface area contributed by atoms with E-state index in [-0.39, 0.29) is 11.4 Å². The molecule has 7 nitrogen and oxygen atoms in total. The molecule has 27 heavy (non-hydrogen) atoms. The van der Waals surface area contributed by atoms with E-state index in [1.807, 2.05) is 19.1 Å². The van der Waals surface area contributed by atoms with E-state index in [1.54, 1.807) is 36.4 Å². The van der Waals surface area contributed by atoms with Crippen molar-refractivity contribution in [3.8, 4) is 17.2 Å². The lowest BCUT2D eigenvalue weighted by molar-refractivity contribution is 0.101. The highest BCUT2D eigenvalue weighted by Crippen LogP contribution is 2.25. The molecule has 0 saturated carbocycles. The minimum atomic E-state index is -0.515. The smallest absolute Gasteiger partial charge is 0.280 e. The number of methoxy groups -OCH3 is 2. The van der Waals surface area contributed by atoms with Gasteiger partial charge in [-0.2, -0.15) is 9.78 Å². The van der Waals surface area contributed by atoms with Gasteiger partial charge >= 0.3 is 0 Å². The molecule has 0 saturated heterocycles. The van der Waals surface area contributed by atoms with Gasteiger partial charge in [0.05, 0.1) is 31.7 Å². The van der Waals surface area contributed by atoms with Gasteiger partial charge in [-0.3, -0.25) is 9.59 Å². The highest BCUT2D eigenvalue weighted by atomic mass is 16.5. The van der Waals surface area contributed by atoms with E-state index in [0.717, 1.165) is 5.56 Å². The molecule has 0 spiro atoms. The highest BCUT2D eigenvalue weighted by Gasteiger charge is 2.19. The van der Waals surface area contributed by atoms with Crippen molar-refractivity contribution in [3.05, 3.63) is 76.2 Å². The Balaban J connectivity index is 2.06. The number of rotatable bonds is 5. The van der Waals surface area contributed by atoms with Gasteiger partial charge in [0.25, 0.3) is 11.5 Å². The summed E-state index contributed by atoms with van der Waals surface area (Å²) >= 11 is 0. The molecule has 0 bridgehead atoms. The number of anilines is 1. The van der Waals surface area contributed by atoms with E-state index in [1.165, 1.54) is 25.0 Å². The van der Waals surface area contributed by atoms with Crippen LogP contribution >= 0.6 is 0 Å². The maximum Gasteiger partial charge on any atom is 0.280 e. The van der Waals surface area contributed by atoms with Crippen molar-refractivity contribution in [2.45, 2.75) is 6.92 Å². The van der Waals surface area contributed by atoms with Crippen molar-refractivity contribution >= 4 is 11.6 Å². The second kappa shape index (κ2) is 7.74. The molecular formula is C20H19N3O4. The van der Waals surface area contributed by atoms with E-state index in [9.17, 15) is 9.59 Å². The first-order valence-corrected chi connectivity index (χ1v) is 8.24. The zero-order valence-electron chi connectivity index (χ0n) is 15.2. The molecule has 138 valence electrons. The predicted molar refractivity (Wildman–Crippen MR) is 102 cm³/mol. The summed E-state index contributed by atoms with van der Waals surface area (Å²) < 4.78 is 11.6. The summed E-state index contributed by atoms with van der Waals surface area (Å²) in [6.45, 7) is 1.86. The summed E-state index contributed by atoms with van der Waals surface area (Å²) in [4.78, 5) is 25.3. The van der Waals surface area contributed by atoms with Crippen LogP contribution in [0.1, 0.15) is 16.1 Å². The van der Waals surface area contributed by atoms with Crippen molar-refractivity contribution in [1.82, 2.24) is 9.78 Å². The molecule has 1 N–H and O–H groups in total. The van der Waals surface area contributed by atoms with Crippen LogP contribution in [-0.4, -0.2) is 29.9 Å². The molecule has 1 aromatic heterocycles. The first-order valence-electron chi connectivity index (χ1n) is 8.24. The minimum absolute atomic E-state index is 0.00809. The van der Waals surface area contributed by atoms with Gasteiger partial charge in [0.1, 0.15) is 5.75 Å². The SMILES string of the molecule is COc1ccccc1NC(=O)c1nn(-c2ccccc2C)c(=O)cc1OC. The quantitative estimate of drug-likeness (QED) is 0.752. The van der Waals surface area contributed by atoms with Crippen molar-refractivity contribution in [3.63, 3.8) is 0 Å². The number of carbonyl (C=O) groups excluding carboxylic acids is 1. The zero-order valence-corrected chi connectivity index (χ0v) is 15.2. The number of amides is 1. The molecule has 0 atom stereocenters. The summed E-state index contributed by atoms with van der Waals surface area (Å²) in [6.07, 6.45) is 0. The fraction of sp³-hybridized carbons (Fsp3) is 0.150. The number of ether oxygens (including phenoxy) is 2. The van der Waals surface area contributed by atoms with Crippen LogP contribution in [0.5, 0.6) is 11.5 Å². The maximum atomic E-state index is 12.8. The summed E-state index contributed by atoms with van der Waals surface area (Å²) in [5, 5.41) is 7.00. The lowest BCUT2D eigenvalue weighted by atomic mass is 10.2. The molecular weight excluding hydrogens is 346 g/mol. The molecule has 2 aromatic carbocycles. The van der Waals surface area contributed by atoms with Gasteiger partial charge in [-0.15, -0.1) is 0 Å². The second-order valence-corrected chi connectivity index (χ2v) is 5.75. The molecule has 1 heterocycles. The lowest BCUT2D eigenvalue weighted by Crippen LogP contribution is -2.26. The number of aryl methyl sites for hydroxylation is 1. The van der Waals surface area contributed by atoms with Crippen LogP contribution in [0.3, 0.4) is 0 Å². The van der Waals surface area contributed by atoms with Gasteiger partial charge in [0.2, 0.25) is 0 Å². The Labute approximate surface area is 156 Å². The molecule has 0 unspecified atom stereocenters. The third kappa shape index (κ3) is 3.67. The van der Waals surface area contributed by atoms with Crippen molar-refractivity contribution in [2.75, 3.05) is 19.5 Å². The first kappa shape index (κ1) is 18.2. The Morgan fingerprint density at radius 2 is 1.67 bits per heavy atom. The number of nitrogens with one attached hydrogen (secondary N) is 1. The van der Waals surface area contributed by atoms with Crippen molar-refractivity contribution in [2.24, 2.45) is 0 Å². The minimum Gasteiger partial charge on any atom is -0.495 e. The number of nitrogens with zero attached hydrogens (tertiary/aromatic N) is 2. The Kier molecular flexibility index (Phi) is 5.21. The predicted octanol–water partition coefficient (Wildman–Crippen LogP) is 2.81. The third-order valence-electron chi connectivity index (χ3n) is 4.03. The molecule has 0 fully saturated rings. The average Bonchev–Trinajstić information content (AvgIpc) is 2.68. The van der Waals surface area contributed by atoms with Crippen molar-refractivity contribution in [1.29, 1.82) is 0 Å². The van der Waals surface area contributed by atoms with E-state index >= 15 is 0 Å². The van der Waals surface area contributed by atoms with Gasteiger partial charge in [0.15, 0.2) is 11.4 Å². The molecule has 0 aliphatic rings. The van der Waals surface area contributed by atoms with Gasteiger partial charge in [-0.25, -0.2) is 0 Å². The van der Waals surface area contributed by atoms with Gasteiger partial charge in [-0.05, 0) is 30.7 Å². The van der Waals surface area contributed by atoms with E-state index in [2.05, 4.69) is 10.4 Å². The molecule has 0 aliphatic carbocycles. The van der Waals surface area contributed by atoms with Crippen LogP contribution < -0.4 is 20.3 Å². The highest BCUT2D eigenvalue weighted by molar-refractivity contribution is 6.05.